The Bertz CT molecular complexity index is 885. The highest BCUT2D eigenvalue weighted by molar-refractivity contribution is 7.07. The average molecular weight is 429 g/mol. The minimum absolute atomic E-state index is 0.0614. The molecule has 1 fully saturated rings. The molecule has 0 spiro atoms. The van der Waals surface area contributed by atoms with Crippen LogP contribution in [0.1, 0.15) is 43.0 Å². The van der Waals surface area contributed by atoms with E-state index in [0.717, 1.165) is 18.4 Å². The summed E-state index contributed by atoms with van der Waals surface area (Å²) in [6, 6.07) is 8.13. The summed E-state index contributed by atoms with van der Waals surface area (Å²) in [5.41, 5.74) is 2.75. The molecule has 2 unspecified atom stereocenters. The topological polar surface area (TPSA) is 114 Å². The Morgan fingerprint density at radius 3 is 2.77 bits per heavy atom. The fraction of sp³-hybridized carbons (Fsp3) is 0.381. The van der Waals surface area contributed by atoms with Crippen LogP contribution in [-0.4, -0.2) is 35.1 Å². The smallest absolute Gasteiger partial charge is 0.408 e. The molecule has 2 heterocycles. The van der Waals surface area contributed by atoms with Gasteiger partial charge in [0.1, 0.15) is 12.6 Å². The van der Waals surface area contributed by atoms with Gasteiger partial charge in [0.15, 0.2) is 5.78 Å². The Kier molecular flexibility index (Phi) is 7.67. The Morgan fingerprint density at radius 1 is 1.23 bits per heavy atom. The lowest BCUT2D eigenvalue weighted by Gasteiger charge is -2.21. The van der Waals surface area contributed by atoms with E-state index in [-0.39, 0.29) is 18.8 Å². The van der Waals surface area contributed by atoms with Gasteiger partial charge in [-0.25, -0.2) is 9.78 Å². The number of Topliss-reactive ketones (excluding diaryl/α,β-unsaturated/α-hetero) is 2. The summed E-state index contributed by atoms with van der Waals surface area (Å²) in [6.07, 6.45) is 1.04. The number of thiazole rings is 1. The van der Waals surface area contributed by atoms with Crippen LogP contribution in [0.3, 0.4) is 0 Å². The normalized spacial score (nSPS) is 17.9. The molecule has 1 aliphatic heterocycles. The van der Waals surface area contributed by atoms with Gasteiger partial charge in [-0.1, -0.05) is 36.8 Å². The summed E-state index contributed by atoms with van der Waals surface area (Å²) >= 11 is 1.29. The van der Waals surface area contributed by atoms with Gasteiger partial charge >= 0.3 is 6.09 Å². The van der Waals surface area contributed by atoms with Gasteiger partial charge in [-0.3, -0.25) is 14.4 Å². The van der Waals surface area contributed by atoms with Crippen molar-refractivity contribution >= 4 is 34.9 Å². The number of hydrogen-bond donors (Lipinski definition) is 2. The molecule has 1 aromatic heterocycles. The van der Waals surface area contributed by atoms with Gasteiger partial charge in [0.25, 0.3) is 5.91 Å². The predicted octanol–water partition coefficient (Wildman–Crippen LogP) is 2.56. The number of benzene rings is 1. The minimum atomic E-state index is -1.04. The first-order valence-electron chi connectivity index (χ1n) is 9.74. The Morgan fingerprint density at radius 2 is 2.03 bits per heavy atom. The molecule has 3 rings (SSSR count). The quantitative estimate of drug-likeness (QED) is 0.654. The summed E-state index contributed by atoms with van der Waals surface area (Å²) in [5, 5.41) is 6.77. The molecule has 2 aromatic rings. The highest BCUT2D eigenvalue weighted by Crippen LogP contribution is 2.23. The molecule has 2 N–H and O–H groups in total. The van der Waals surface area contributed by atoms with Crippen molar-refractivity contribution in [3.8, 4) is 0 Å². The number of aromatic nitrogens is 1. The predicted molar refractivity (Wildman–Crippen MR) is 110 cm³/mol. The molecule has 1 aliphatic rings. The molecule has 30 heavy (non-hydrogen) atoms. The van der Waals surface area contributed by atoms with E-state index in [1.807, 2.05) is 30.3 Å². The number of nitrogens with zero attached hydrogens (tertiary/aromatic N) is 1. The van der Waals surface area contributed by atoms with Crippen molar-refractivity contribution in [1.82, 2.24) is 15.6 Å². The number of hydrogen-bond acceptors (Lipinski definition) is 7. The maximum atomic E-state index is 13.0. The second kappa shape index (κ2) is 10.6. The first kappa shape index (κ1) is 21.6. The van der Waals surface area contributed by atoms with Crippen LogP contribution in [0, 0.1) is 5.92 Å². The highest BCUT2D eigenvalue weighted by atomic mass is 32.1. The summed E-state index contributed by atoms with van der Waals surface area (Å²) in [4.78, 5) is 53.6. The van der Waals surface area contributed by atoms with Gasteiger partial charge in [-0.05, 0) is 18.4 Å². The van der Waals surface area contributed by atoms with E-state index >= 15 is 0 Å². The maximum Gasteiger partial charge on any atom is 0.408 e. The first-order chi connectivity index (χ1) is 14.5. The minimum Gasteiger partial charge on any atom is -0.445 e. The first-order valence-corrected chi connectivity index (χ1v) is 10.7. The Hall–Kier alpha value is -3.07. The van der Waals surface area contributed by atoms with Crippen molar-refractivity contribution in [3.63, 3.8) is 0 Å². The standard InChI is InChI=1S/C21H23N3O5S/c25-17(10-15-8-4-5-9-22-20(27)19(15)26)18(16-12-30-13-23-16)24-21(28)29-11-14-6-2-1-3-7-14/h1-3,6-7,12-13,15,18H,4-5,8-11H2,(H,22,27)(H,24,28). The molecule has 0 bridgehead atoms. The highest BCUT2D eigenvalue weighted by Gasteiger charge is 2.33. The van der Waals surface area contributed by atoms with Crippen LogP contribution in [-0.2, 0) is 25.7 Å². The molecular weight excluding hydrogens is 406 g/mol. The summed E-state index contributed by atoms with van der Waals surface area (Å²) in [7, 11) is 0. The van der Waals surface area contributed by atoms with Gasteiger partial charge in [0.05, 0.1) is 11.2 Å². The Labute approximate surface area is 178 Å². The zero-order valence-corrected chi connectivity index (χ0v) is 17.2. The molecule has 158 valence electrons. The molecule has 0 aliphatic carbocycles. The van der Waals surface area contributed by atoms with Crippen molar-refractivity contribution in [2.24, 2.45) is 5.92 Å². The number of amides is 2. The third-order valence-electron chi connectivity index (χ3n) is 4.85. The van der Waals surface area contributed by atoms with Crippen molar-refractivity contribution in [2.75, 3.05) is 6.54 Å². The van der Waals surface area contributed by atoms with Crippen LogP contribution >= 0.6 is 11.3 Å². The number of carbonyl (C=O) groups excluding carboxylic acids is 4. The van der Waals surface area contributed by atoms with Crippen molar-refractivity contribution < 1.29 is 23.9 Å². The van der Waals surface area contributed by atoms with E-state index in [9.17, 15) is 19.2 Å². The van der Waals surface area contributed by atoms with Gasteiger partial charge in [0, 0.05) is 24.3 Å². The van der Waals surface area contributed by atoms with Crippen LogP contribution in [0.15, 0.2) is 41.2 Å². The molecule has 2 atom stereocenters. The molecule has 1 aromatic carbocycles. The van der Waals surface area contributed by atoms with Crippen LogP contribution in [0.25, 0.3) is 0 Å². The fourth-order valence-corrected chi connectivity index (χ4v) is 3.82. The van der Waals surface area contributed by atoms with Crippen LogP contribution in [0.4, 0.5) is 4.79 Å². The largest absolute Gasteiger partial charge is 0.445 e. The number of ether oxygens (including phenoxy) is 1. The number of rotatable bonds is 7. The third-order valence-corrected chi connectivity index (χ3v) is 5.46. The van der Waals surface area contributed by atoms with E-state index in [1.165, 1.54) is 11.3 Å². The van der Waals surface area contributed by atoms with E-state index in [4.69, 9.17) is 4.74 Å². The molecule has 8 nitrogen and oxygen atoms in total. The number of nitrogens with one attached hydrogen (secondary N) is 2. The number of ketones is 2. The average Bonchev–Trinajstić information content (AvgIpc) is 3.28. The molecule has 0 saturated carbocycles. The monoisotopic (exact) mass is 429 g/mol. The summed E-state index contributed by atoms with van der Waals surface area (Å²) < 4.78 is 5.21. The molecule has 2 amide bonds. The lowest BCUT2D eigenvalue weighted by atomic mass is 9.88. The zero-order valence-electron chi connectivity index (χ0n) is 16.3. The van der Waals surface area contributed by atoms with Gasteiger partial charge in [0.2, 0.25) is 5.78 Å². The maximum absolute atomic E-state index is 13.0. The Balaban J connectivity index is 1.65. The second-order valence-electron chi connectivity index (χ2n) is 7.04. The van der Waals surface area contributed by atoms with Crippen LogP contribution < -0.4 is 10.6 Å². The fourth-order valence-electron chi connectivity index (χ4n) is 3.24. The number of carbonyl (C=O) groups is 4. The van der Waals surface area contributed by atoms with Crippen LogP contribution in [0.2, 0.25) is 0 Å². The molecular formula is C21H23N3O5S. The van der Waals surface area contributed by atoms with Gasteiger partial charge in [-0.2, -0.15) is 0 Å². The van der Waals surface area contributed by atoms with E-state index in [0.29, 0.717) is 18.7 Å². The van der Waals surface area contributed by atoms with Gasteiger partial charge in [-0.15, -0.1) is 11.3 Å². The van der Waals surface area contributed by atoms with E-state index in [1.54, 1.807) is 10.9 Å². The lowest BCUT2D eigenvalue weighted by Crippen LogP contribution is -2.40. The van der Waals surface area contributed by atoms with Crippen molar-refractivity contribution in [2.45, 2.75) is 38.3 Å². The second-order valence-corrected chi connectivity index (χ2v) is 7.75. The summed E-state index contributed by atoms with van der Waals surface area (Å²) in [5.74, 6) is -2.34. The third kappa shape index (κ3) is 5.96. The van der Waals surface area contributed by atoms with E-state index in [2.05, 4.69) is 15.6 Å². The lowest BCUT2D eigenvalue weighted by molar-refractivity contribution is -0.141. The number of alkyl carbamates (subject to hydrolysis) is 1. The van der Waals surface area contributed by atoms with Crippen molar-refractivity contribution in [1.29, 1.82) is 0 Å². The molecule has 0 radical (unpaired) electrons. The van der Waals surface area contributed by atoms with Crippen LogP contribution in [0.5, 0.6) is 0 Å². The zero-order chi connectivity index (χ0) is 21.3. The summed E-state index contributed by atoms with van der Waals surface area (Å²) in [6.45, 7) is 0.521. The van der Waals surface area contributed by atoms with Gasteiger partial charge < -0.3 is 15.4 Å². The van der Waals surface area contributed by atoms with E-state index < -0.39 is 29.7 Å². The molecule has 1 saturated heterocycles. The SMILES string of the molecule is O=C(NC(C(=O)CC1CCCCNC(=O)C1=O)c1cscn1)OCc1ccccc1. The molecule has 9 heteroatoms. The van der Waals surface area contributed by atoms with Crippen molar-refractivity contribution in [3.05, 3.63) is 52.5 Å².